The number of aromatic nitrogens is 2. The number of fused-ring (bicyclic) bond motifs is 12. The highest BCUT2D eigenvalue weighted by molar-refractivity contribution is 6.20. The predicted octanol–water partition coefficient (Wildman–Crippen LogP) is 20.6. The second-order valence-electron chi connectivity index (χ2n) is 22.8. The van der Waals surface area contributed by atoms with Gasteiger partial charge in [-0.3, -0.25) is 0 Å². The molecule has 1 aliphatic heterocycles. The van der Waals surface area contributed by atoms with Crippen LogP contribution in [0, 0.1) is 5.92 Å². The number of anilines is 5. The van der Waals surface area contributed by atoms with Crippen LogP contribution in [-0.2, 0) is 6.42 Å². The zero-order valence-corrected chi connectivity index (χ0v) is 45.9. The summed E-state index contributed by atoms with van der Waals surface area (Å²) in [7, 11) is 0. The molecule has 392 valence electrons. The van der Waals surface area contributed by atoms with Crippen LogP contribution in [0.15, 0.2) is 285 Å². The summed E-state index contributed by atoms with van der Waals surface area (Å²) >= 11 is 0. The Labute approximate surface area is 483 Å². The molecule has 83 heavy (non-hydrogen) atoms. The van der Waals surface area contributed by atoms with Crippen LogP contribution in [0.25, 0.3) is 94.0 Å². The number of para-hydroxylation sites is 4. The molecule has 3 aromatic heterocycles. The highest BCUT2D eigenvalue weighted by Crippen LogP contribution is 2.55. The summed E-state index contributed by atoms with van der Waals surface area (Å²) in [4.78, 5) is 5.07. The van der Waals surface area contributed by atoms with Gasteiger partial charge in [-0.25, -0.2) is 0 Å². The van der Waals surface area contributed by atoms with Gasteiger partial charge in [0.05, 0.1) is 45.5 Å². The summed E-state index contributed by atoms with van der Waals surface area (Å²) < 4.78 is 5.31. The van der Waals surface area contributed by atoms with Gasteiger partial charge in [0.1, 0.15) is 0 Å². The Morgan fingerprint density at radius 2 is 0.964 bits per heavy atom. The Bertz CT molecular complexity index is 4940. The molecule has 0 radical (unpaired) electrons. The molecule has 3 atom stereocenters. The van der Waals surface area contributed by atoms with Crippen molar-refractivity contribution >= 4 is 100 Å². The van der Waals surface area contributed by atoms with E-state index < -0.39 is 0 Å². The summed E-state index contributed by atoms with van der Waals surface area (Å²) in [5.41, 5.74) is 26.0. The van der Waals surface area contributed by atoms with Crippen molar-refractivity contribution in [3.63, 3.8) is 0 Å². The van der Waals surface area contributed by atoms with E-state index in [0.29, 0.717) is 0 Å². The van der Waals surface area contributed by atoms with Crippen molar-refractivity contribution in [3.05, 3.63) is 313 Å². The molecule has 0 saturated heterocycles. The molecule has 0 spiro atoms. The summed E-state index contributed by atoms with van der Waals surface area (Å²) in [5, 5.41) is 6.49. The van der Waals surface area contributed by atoms with E-state index in [4.69, 9.17) is 0 Å². The van der Waals surface area contributed by atoms with Gasteiger partial charge in [0.2, 0.25) is 0 Å². The number of rotatable bonds is 10. The predicted molar refractivity (Wildman–Crippen MR) is 350 cm³/mol. The topological polar surface area (TPSA) is 15.8 Å². The lowest BCUT2D eigenvalue weighted by molar-refractivity contribution is 0.625. The van der Waals surface area contributed by atoms with Gasteiger partial charge in [-0.05, 0) is 129 Å². The van der Waals surface area contributed by atoms with E-state index in [9.17, 15) is 0 Å². The van der Waals surface area contributed by atoms with Crippen molar-refractivity contribution in [2.24, 2.45) is 5.92 Å². The lowest BCUT2D eigenvalue weighted by Gasteiger charge is -2.41. The van der Waals surface area contributed by atoms with Crippen molar-refractivity contribution in [1.29, 1.82) is 0 Å². The Balaban J connectivity index is 0.822. The molecule has 4 heterocycles. The fourth-order valence-corrected chi connectivity index (χ4v) is 14.6. The van der Waals surface area contributed by atoms with Crippen LogP contribution in [0.3, 0.4) is 0 Å². The summed E-state index contributed by atoms with van der Waals surface area (Å²) in [6.07, 6.45) is 8.38. The largest absolute Gasteiger partial charge is 0.333 e. The van der Waals surface area contributed by atoms with E-state index in [1.165, 1.54) is 127 Å². The standard InChI is InChI=1S/C79H56N4/c1-51-44-57(53-24-10-3-11-25-53)46-69(55-28-14-5-15-29-55)77(51)81(59-32-18-7-19-33-59)61-40-42-63-65-35-21-37-67-71-49-75-70(50-76(71)83(79(65)67)74(63)48-61)66-36-20-34-64-62-41-39-60(47-73(62)82(75)78(64)66)80(58-30-16-6-17-31-58)72-43-38-56(52-22-8-2-9-23-52)45-68(72)54-26-12-4-13-27-54/h2-49,51,76-77H,50H2,1H3. The smallest absolute Gasteiger partial charge is 0.0657 e. The molecule has 4 heteroatoms. The third-order valence-electron chi connectivity index (χ3n) is 18.2. The highest BCUT2D eigenvalue weighted by Gasteiger charge is 2.39. The van der Waals surface area contributed by atoms with Gasteiger partial charge >= 0.3 is 0 Å². The van der Waals surface area contributed by atoms with Crippen LogP contribution in [0.5, 0.6) is 0 Å². The molecule has 4 nitrogen and oxygen atoms in total. The molecular weight excluding hydrogens is 1000 g/mol. The zero-order chi connectivity index (χ0) is 54.7. The molecule has 14 aromatic rings. The maximum Gasteiger partial charge on any atom is 0.0657 e. The fourth-order valence-electron chi connectivity index (χ4n) is 14.6. The Morgan fingerprint density at radius 3 is 1.67 bits per heavy atom. The monoisotopic (exact) mass is 1060 g/mol. The summed E-state index contributed by atoms with van der Waals surface area (Å²) in [5.74, 6) is 0.183. The van der Waals surface area contributed by atoms with Crippen LogP contribution < -0.4 is 9.80 Å². The molecule has 0 bridgehead atoms. The normalized spacial score (nSPS) is 16.3. The van der Waals surface area contributed by atoms with Crippen molar-refractivity contribution in [2.45, 2.75) is 25.4 Å². The number of nitrogens with zero attached hydrogens (tertiary/aromatic N) is 4. The van der Waals surface area contributed by atoms with Crippen molar-refractivity contribution < 1.29 is 0 Å². The minimum atomic E-state index is 0.0241. The van der Waals surface area contributed by atoms with E-state index >= 15 is 0 Å². The lowest BCUT2D eigenvalue weighted by Crippen LogP contribution is -2.38. The summed E-state index contributed by atoms with van der Waals surface area (Å²) in [6.45, 7) is 2.40. The number of benzene rings is 11. The van der Waals surface area contributed by atoms with Gasteiger partial charge in [-0.1, -0.05) is 225 Å². The molecule has 0 fully saturated rings. The third kappa shape index (κ3) is 7.39. The molecule has 0 N–H and O–H groups in total. The van der Waals surface area contributed by atoms with E-state index in [0.717, 1.165) is 23.5 Å². The molecule has 17 rings (SSSR count). The second-order valence-corrected chi connectivity index (χ2v) is 22.8. The van der Waals surface area contributed by atoms with Crippen LogP contribution in [0.4, 0.5) is 28.4 Å². The van der Waals surface area contributed by atoms with Crippen molar-refractivity contribution in [2.75, 3.05) is 9.80 Å². The average Bonchev–Trinajstić information content (AvgIpc) is 2.03. The molecule has 3 aliphatic rings. The maximum absolute atomic E-state index is 2.71. The Morgan fingerprint density at radius 1 is 0.386 bits per heavy atom. The van der Waals surface area contributed by atoms with E-state index in [-0.39, 0.29) is 18.0 Å². The molecule has 11 aromatic carbocycles. The quantitative estimate of drug-likeness (QED) is 0.136. The van der Waals surface area contributed by atoms with Crippen LogP contribution in [-0.4, -0.2) is 15.0 Å². The van der Waals surface area contributed by atoms with Crippen LogP contribution in [0.2, 0.25) is 0 Å². The second kappa shape index (κ2) is 18.8. The van der Waals surface area contributed by atoms with Gasteiger partial charge in [-0.2, -0.15) is 0 Å². The van der Waals surface area contributed by atoms with Gasteiger partial charge in [0, 0.05) is 67.2 Å². The lowest BCUT2D eigenvalue weighted by atomic mass is 9.80. The van der Waals surface area contributed by atoms with Gasteiger partial charge < -0.3 is 18.8 Å². The number of allylic oxidation sites excluding steroid dienone is 3. The summed E-state index contributed by atoms with van der Waals surface area (Å²) in [6, 6.07) is 101. The minimum absolute atomic E-state index is 0.0241. The van der Waals surface area contributed by atoms with Crippen LogP contribution in [0.1, 0.15) is 40.9 Å². The van der Waals surface area contributed by atoms with E-state index in [2.05, 4.69) is 317 Å². The first-order valence-corrected chi connectivity index (χ1v) is 29.2. The molecule has 2 aliphatic carbocycles. The minimum Gasteiger partial charge on any atom is -0.333 e. The third-order valence-corrected chi connectivity index (χ3v) is 18.2. The van der Waals surface area contributed by atoms with Gasteiger partial charge in [-0.15, -0.1) is 0 Å². The highest BCUT2D eigenvalue weighted by atomic mass is 15.2. The van der Waals surface area contributed by atoms with Crippen LogP contribution >= 0.6 is 0 Å². The number of hydrogen-bond donors (Lipinski definition) is 0. The van der Waals surface area contributed by atoms with Gasteiger partial charge in [0.15, 0.2) is 0 Å². The van der Waals surface area contributed by atoms with E-state index in [1.54, 1.807) is 0 Å². The fraction of sp³-hybridized carbons (Fsp3) is 0.0633. The number of hydrogen-bond acceptors (Lipinski definition) is 2. The van der Waals surface area contributed by atoms with Crippen molar-refractivity contribution in [3.8, 4) is 22.3 Å². The first-order chi connectivity index (χ1) is 41.1. The SMILES string of the molecule is CC1C=C(c2ccccc2)C=C(c2ccccc2)C1N(c1ccccc1)c1ccc2c3cccc4c3n(c2c1)C1Cc2c(n3c5cc(N(c6ccccc6)c6ccc(-c7ccccc7)cc6-c6ccccc6)ccc5c5cccc2c53)C=C41. The molecule has 3 unspecified atom stereocenters. The Hall–Kier alpha value is -10.4. The Kier molecular flexibility index (Phi) is 10.8. The zero-order valence-electron chi connectivity index (χ0n) is 45.9. The maximum atomic E-state index is 2.71. The van der Waals surface area contributed by atoms with E-state index in [1.807, 2.05) is 0 Å². The van der Waals surface area contributed by atoms with Crippen molar-refractivity contribution in [1.82, 2.24) is 8.97 Å². The van der Waals surface area contributed by atoms with Gasteiger partial charge in [0.25, 0.3) is 0 Å². The first-order valence-electron chi connectivity index (χ1n) is 29.2. The molecule has 0 saturated carbocycles. The molecular formula is C79H56N4. The average molecular weight is 1060 g/mol. The first kappa shape index (κ1) is 47.4. The molecule has 0 amide bonds.